The van der Waals surface area contributed by atoms with E-state index in [-0.39, 0.29) is 10.8 Å². The summed E-state index contributed by atoms with van der Waals surface area (Å²) in [5.41, 5.74) is 2.68. The highest BCUT2D eigenvalue weighted by Gasteiger charge is 2.41. The number of halogens is 2. The third-order valence-corrected chi connectivity index (χ3v) is 6.98. The molecule has 1 fully saturated rings. The first-order valence-electron chi connectivity index (χ1n) is 7.60. The smallest absolute Gasteiger partial charge is 0.0536 e. The van der Waals surface area contributed by atoms with E-state index in [0.717, 1.165) is 12.8 Å². The molecular formula is C18H18Cl2S. The van der Waals surface area contributed by atoms with Crippen molar-refractivity contribution in [3.63, 3.8) is 0 Å². The third kappa shape index (κ3) is 2.69. The fourth-order valence-electron chi connectivity index (χ4n) is 3.77. The van der Waals surface area contributed by atoms with E-state index < -0.39 is 0 Å². The highest BCUT2D eigenvalue weighted by molar-refractivity contribution is 8.01. The number of alkyl halides is 2. The van der Waals surface area contributed by atoms with Gasteiger partial charge in [-0.2, -0.15) is 0 Å². The summed E-state index contributed by atoms with van der Waals surface area (Å²) in [6.45, 7) is 0. The van der Waals surface area contributed by atoms with Crippen LogP contribution in [0.15, 0.2) is 59.8 Å². The van der Waals surface area contributed by atoms with Crippen molar-refractivity contribution < 1.29 is 0 Å². The Kier molecular flexibility index (Phi) is 3.85. The monoisotopic (exact) mass is 336 g/mol. The van der Waals surface area contributed by atoms with Crippen LogP contribution in [0.4, 0.5) is 0 Å². The van der Waals surface area contributed by atoms with Gasteiger partial charge in [-0.05, 0) is 24.0 Å². The maximum absolute atomic E-state index is 6.35. The molecule has 0 aromatic carbocycles. The largest absolute Gasteiger partial charge is 0.146 e. The second-order valence-corrected chi connectivity index (χ2v) is 8.75. The molecule has 0 amide bonds. The molecule has 0 nitrogen and oxygen atoms in total. The van der Waals surface area contributed by atoms with E-state index in [1.165, 1.54) is 11.1 Å². The van der Waals surface area contributed by atoms with Gasteiger partial charge in [0, 0.05) is 27.7 Å². The summed E-state index contributed by atoms with van der Waals surface area (Å²) in [5.74, 6) is 1.24. The SMILES string of the molecule is ClC1C=C(C2=CC3C(C=C2)SC2C=CC=CC23)CC(Cl)C1. The third-order valence-electron chi connectivity index (χ3n) is 4.78. The summed E-state index contributed by atoms with van der Waals surface area (Å²) >= 11 is 14.7. The van der Waals surface area contributed by atoms with E-state index in [0.29, 0.717) is 22.3 Å². The van der Waals surface area contributed by atoms with Crippen LogP contribution in [0.1, 0.15) is 12.8 Å². The van der Waals surface area contributed by atoms with Crippen LogP contribution in [0, 0.1) is 11.8 Å². The van der Waals surface area contributed by atoms with Gasteiger partial charge in [-0.25, -0.2) is 0 Å². The van der Waals surface area contributed by atoms with Gasteiger partial charge in [0.2, 0.25) is 0 Å². The maximum atomic E-state index is 6.35. The Balaban J connectivity index is 1.62. The standard InChI is InChI=1S/C18H18Cl2S/c19-13-7-12(8-14(20)10-13)11-5-6-18-16(9-11)15-3-1-2-4-17(15)21-18/h1-7,9,13-18H,8,10H2. The minimum absolute atomic E-state index is 0.0754. The molecule has 1 heterocycles. The van der Waals surface area contributed by atoms with Crippen LogP contribution in [0.25, 0.3) is 0 Å². The van der Waals surface area contributed by atoms with Gasteiger partial charge >= 0.3 is 0 Å². The molecule has 0 aromatic heterocycles. The molecule has 1 aliphatic heterocycles. The molecule has 6 unspecified atom stereocenters. The zero-order valence-electron chi connectivity index (χ0n) is 11.7. The molecule has 0 spiro atoms. The molecule has 0 saturated carbocycles. The van der Waals surface area contributed by atoms with Crippen LogP contribution in [0.5, 0.6) is 0 Å². The van der Waals surface area contributed by atoms with Crippen molar-refractivity contribution >= 4 is 35.0 Å². The first-order valence-corrected chi connectivity index (χ1v) is 9.42. The minimum atomic E-state index is 0.0754. The van der Waals surface area contributed by atoms with Gasteiger partial charge in [-0.3, -0.25) is 0 Å². The minimum Gasteiger partial charge on any atom is -0.146 e. The second-order valence-electron chi connectivity index (χ2n) is 6.22. The Labute approximate surface area is 140 Å². The zero-order chi connectivity index (χ0) is 14.4. The number of hydrogen-bond donors (Lipinski definition) is 0. The average molecular weight is 337 g/mol. The number of allylic oxidation sites excluding steroid dienone is 8. The van der Waals surface area contributed by atoms with Crippen molar-refractivity contribution in [1.29, 1.82) is 0 Å². The number of hydrogen-bond acceptors (Lipinski definition) is 1. The van der Waals surface area contributed by atoms with Crippen molar-refractivity contribution in [2.75, 3.05) is 0 Å². The fourth-order valence-corrected chi connectivity index (χ4v) is 6.19. The van der Waals surface area contributed by atoms with Crippen molar-refractivity contribution in [2.24, 2.45) is 11.8 Å². The van der Waals surface area contributed by atoms with E-state index in [9.17, 15) is 0 Å². The molecule has 6 atom stereocenters. The Morgan fingerprint density at radius 3 is 2.62 bits per heavy atom. The second kappa shape index (κ2) is 5.68. The van der Waals surface area contributed by atoms with Crippen LogP contribution in [-0.4, -0.2) is 21.3 Å². The van der Waals surface area contributed by atoms with E-state index >= 15 is 0 Å². The van der Waals surface area contributed by atoms with Gasteiger partial charge < -0.3 is 0 Å². The maximum Gasteiger partial charge on any atom is 0.0536 e. The van der Waals surface area contributed by atoms with E-state index in [1.807, 2.05) is 0 Å². The summed E-state index contributed by atoms with van der Waals surface area (Å²) in [6.07, 6.45) is 20.2. The molecular weight excluding hydrogens is 319 g/mol. The van der Waals surface area contributed by atoms with Gasteiger partial charge in [0.1, 0.15) is 0 Å². The fraction of sp³-hybridized carbons (Fsp3) is 0.444. The number of fused-ring (bicyclic) bond motifs is 3. The van der Waals surface area contributed by atoms with E-state index in [1.54, 1.807) is 0 Å². The Hall–Kier alpha value is -0.370. The summed E-state index contributed by atoms with van der Waals surface area (Å²) in [6, 6.07) is 0. The van der Waals surface area contributed by atoms with Gasteiger partial charge in [-0.1, -0.05) is 48.6 Å². The van der Waals surface area contributed by atoms with Crippen molar-refractivity contribution in [3.05, 3.63) is 59.8 Å². The predicted octanol–water partition coefficient (Wildman–Crippen LogP) is 5.26. The van der Waals surface area contributed by atoms with Gasteiger partial charge in [-0.15, -0.1) is 35.0 Å². The summed E-state index contributed by atoms with van der Waals surface area (Å²) in [4.78, 5) is 0. The summed E-state index contributed by atoms with van der Waals surface area (Å²) in [7, 11) is 0. The lowest BCUT2D eigenvalue weighted by molar-refractivity contribution is 0.524. The van der Waals surface area contributed by atoms with Crippen LogP contribution in [0.2, 0.25) is 0 Å². The van der Waals surface area contributed by atoms with Gasteiger partial charge in [0.25, 0.3) is 0 Å². The van der Waals surface area contributed by atoms with Crippen LogP contribution < -0.4 is 0 Å². The highest BCUT2D eigenvalue weighted by Crippen LogP contribution is 2.49. The molecule has 3 heteroatoms. The molecule has 1 saturated heterocycles. The Bertz CT molecular complexity index is 584. The molecule has 0 bridgehead atoms. The average Bonchev–Trinajstić information content (AvgIpc) is 2.84. The molecule has 0 radical (unpaired) electrons. The number of thioether (sulfide) groups is 1. The van der Waals surface area contributed by atoms with Gasteiger partial charge in [0.05, 0.1) is 5.38 Å². The first-order chi connectivity index (χ1) is 10.2. The topological polar surface area (TPSA) is 0 Å². The van der Waals surface area contributed by atoms with Crippen molar-refractivity contribution in [1.82, 2.24) is 0 Å². The Morgan fingerprint density at radius 2 is 1.76 bits per heavy atom. The van der Waals surface area contributed by atoms with Crippen LogP contribution >= 0.6 is 35.0 Å². The number of rotatable bonds is 1. The quantitative estimate of drug-likeness (QED) is 0.588. The molecule has 4 rings (SSSR count). The van der Waals surface area contributed by atoms with Crippen molar-refractivity contribution in [3.8, 4) is 0 Å². The van der Waals surface area contributed by atoms with Crippen molar-refractivity contribution in [2.45, 2.75) is 34.1 Å². The molecule has 0 N–H and O–H groups in total. The Morgan fingerprint density at radius 1 is 0.952 bits per heavy atom. The van der Waals surface area contributed by atoms with Crippen LogP contribution in [0.3, 0.4) is 0 Å². The lowest BCUT2D eigenvalue weighted by Crippen LogP contribution is -2.21. The summed E-state index contributed by atoms with van der Waals surface area (Å²) in [5, 5.41) is 1.49. The zero-order valence-corrected chi connectivity index (χ0v) is 14.0. The highest BCUT2D eigenvalue weighted by atomic mass is 35.5. The van der Waals surface area contributed by atoms with E-state index in [2.05, 4.69) is 60.4 Å². The normalized spacial score (nSPS) is 44.1. The first kappa shape index (κ1) is 14.2. The lowest BCUT2D eigenvalue weighted by atomic mass is 9.79. The molecule has 110 valence electrons. The van der Waals surface area contributed by atoms with Gasteiger partial charge in [0.15, 0.2) is 0 Å². The molecule has 0 aromatic rings. The molecule has 3 aliphatic carbocycles. The molecule has 4 aliphatic rings. The van der Waals surface area contributed by atoms with Crippen LogP contribution in [-0.2, 0) is 0 Å². The lowest BCUT2D eigenvalue weighted by Gasteiger charge is -2.27. The summed E-state index contributed by atoms with van der Waals surface area (Å²) < 4.78 is 0. The predicted molar refractivity (Wildman–Crippen MR) is 94.2 cm³/mol. The molecule has 21 heavy (non-hydrogen) atoms. The van der Waals surface area contributed by atoms with E-state index in [4.69, 9.17) is 23.2 Å².